The van der Waals surface area contributed by atoms with Crippen LogP contribution in [0.4, 0.5) is 17.1 Å². The third-order valence-electron chi connectivity index (χ3n) is 9.55. The normalized spacial score (nSPS) is 15.6. The average molecular weight is 717 g/mol. The van der Waals surface area contributed by atoms with E-state index in [1.54, 1.807) is 24.3 Å². The van der Waals surface area contributed by atoms with Crippen molar-refractivity contribution in [2.75, 3.05) is 4.90 Å². The van der Waals surface area contributed by atoms with Crippen molar-refractivity contribution in [1.29, 1.82) is 0 Å². The van der Waals surface area contributed by atoms with Gasteiger partial charge >= 0.3 is 0 Å². The van der Waals surface area contributed by atoms with Crippen LogP contribution >= 0.6 is 0 Å². The molecule has 0 aromatic heterocycles. The first-order valence-electron chi connectivity index (χ1n) is 26.0. The average Bonchev–Trinajstić information content (AvgIpc) is 3.39. The molecule has 0 bridgehead atoms. The zero-order valence-corrected chi connectivity index (χ0v) is 29.0. The Bertz CT molecular complexity index is 3850. The lowest BCUT2D eigenvalue weighted by molar-refractivity contribution is 1.28. The Labute approximate surface area is 345 Å². The van der Waals surface area contributed by atoms with Crippen molar-refractivity contribution in [1.82, 2.24) is 0 Å². The number of benzene rings is 10. The molecular weight excluding hydrogens is 663 g/mol. The molecule has 10 aromatic rings. The number of hydrogen-bond acceptors (Lipinski definition) is 1. The van der Waals surface area contributed by atoms with Gasteiger partial charge in [0.1, 0.15) is 0 Å². The summed E-state index contributed by atoms with van der Waals surface area (Å²) in [4.78, 5) is 0.690. The molecule has 1 heteroatoms. The highest BCUT2D eigenvalue weighted by Gasteiger charge is 2.16. The highest BCUT2D eigenvalue weighted by molar-refractivity contribution is 6.08. The van der Waals surface area contributed by atoms with Gasteiger partial charge in [0.2, 0.25) is 0 Å². The minimum absolute atomic E-state index is 0.139. The van der Waals surface area contributed by atoms with Gasteiger partial charge in [0.15, 0.2) is 0 Å². The van der Waals surface area contributed by atoms with Crippen LogP contribution in [0.25, 0.3) is 76.8 Å². The van der Waals surface area contributed by atoms with Crippen molar-refractivity contribution >= 4 is 49.4 Å². The van der Waals surface area contributed by atoms with Gasteiger partial charge in [-0.3, -0.25) is 0 Å². The van der Waals surface area contributed by atoms with Crippen molar-refractivity contribution in [3.05, 3.63) is 224 Å². The molecule has 0 saturated carbocycles. The molecule has 0 saturated heterocycles. The van der Waals surface area contributed by atoms with Gasteiger partial charge in [-0.1, -0.05) is 182 Å². The number of fused-ring (bicyclic) bond motifs is 4. The Hall–Kier alpha value is -7.22. The van der Waals surface area contributed by atoms with Crippen LogP contribution in [0.2, 0.25) is 0 Å². The Balaban J connectivity index is 1.29. The molecule has 0 aliphatic carbocycles. The summed E-state index contributed by atoms with van der Waals surface area (Å²) in [5.74, 6) is 0. The van der Waals surface area contributed by atoms with Gasteiger partial charge in [0.05, 0.1) is 23.3 Å². The van der Waals surface area contributed by atoms with E-state index in [-0.39, 0.29) is 11.1 Å². The van der Waals surface area contributed by atoms with E-state index in [4.69, 9.17) is 6.85 Å². The van der Waals surface area contributed by atoms with Gasteiger partial charge in [0, 0.05) is 17.1 Å². The predicted octanol–water partition coefficient (Wildman–Crippen LogP) is 15.3. The second-order valence-corrected chi connectivity index (χ2v) is 12.8. The first-order chi connectivity index (χ1) is 34.4. The fraction of sp³-hybridized carbons (Fsp3) is 0. The molecule has 0 aliphatic heterocycles. The van der Waals surface area contributed by atoms with Gasteiger partial charge in [-0.25, -0.2) is 0 Å². The number of nitrogens with zero attached hydrogens (tertiary/aromatic N) is 1. The summed E-state index contributed by atoms with van der Waals surface area (Å²) in [5.41, 5.74) is -1.99. The molecule has 0 amide bonds. The molecule has 10 aromatic carbocycles. The monoisotopic (exact) mass is 716 g/mol. The van der Waals surface area contributed by atoms with Crippen molar-refractivity contribution in [2.45, 2.75) is 0 Å². The maximum atomic E-state index is 9.77. The molecule has 258 valence electrons. The maximum Gasteiger partial charge on any atom is 0.0645 e. The fourth-order valence-electron chi connectivity index (χ4n) is 6.93. The van der Waals surface area contributed by atoms with Crippen LogP contribution in [0.1, 0.15) is 23.3 Å². The van der Waals surface area contributed by atoms with E-state index in [2.05, 4.69) is 0 Å². The summed E-state index contributed by atoms with van der Waals surface area (Å²) in [5, 5.41) is 4.86. The van der Waals surface area contributed by atoms with E-state index < -0.39 is 131 Å². The van der Waals surface area contributed by atoms with Gasteiger partial charge in [0.25, 0.3) is 0 Å². The van der Waals surface area contributed by atoms with E-state index in [1.165, 1.54) is 0 Å². The SMILES string of the molecule is [2H]c1c([2H])c([2H])c(-c2c([2H])c([2H])c(N(c3c([2H])c([2H])c(-c4ccc5c(ccc6ccccc65)c4)c([2H])c3[2H])c3c([2H])c([2H])c(-c4c(-c5ccccc5)ccc5ccccc45)c([2H])c3[2H])c([2H])c2[2H])c([2H])c1[2H]. The molecule has 10 rings (SSSR count). The minimum atomic E-state index is -0.984. The number of hydrogen-bond donors (Lipinski definition) is 0. The van der Waals surface area contributed by atoms with Gasteiger partial charge < -0.3 is 4.90 Å². The highest BCUT2D eigenvalue weighted by Crippen LogP contribution is 2.42. The minimum Gasteiger partial charge on any atom is -0.311 e. The summed E-state index contributed by atoms with van der Waals surface area (Å²) < 4.78 is 157. The molecule has 0 unspecified atom stereocenters. The Morgan fingerprint density at radius 3 is 1.47 bits per heavy atom. The van der Waals surface area contributed by atoms with E-state index in [9.17, 15) is 16.4 Å². The van der Waals surface area contributed by atoms with Crippen molar-refractivity contribution < 1.29 is 23.3 Å². The van der Waals surface area contributed by atoms with Crippen LogP contribution in [-0.2, 0) is 0 Å². The third kappa shape index (κ3) is 6.12. The van der Waals surface area contributed by atoms with Crippen LogP contribution in [0, 0.1) is 0 Å². The van der Waals surface area contributed by atoms with E-state index in [0.717, 1.165) is 26.9 Å². The molecule has 0 spiro atoms. The van der Waals surface area contributed by atoms with Crippen molar-refractivity contribution in [3.63, 3.8) is 0 Å². The summed E-state index contributed by atoms with van der Waals surface area (Å²) in [6.07, 6.45) is 0. The molecule has 0 fully saturated rings. The summed E-state index contributed by atoms with van der Waals surface area (Å²) in [7, 11) is 0. The molecule has 0 N–H and O–H groups in total. The lowest BCUT2D eigenvalue weighted by atomic mass is 9.89. The van der Waals surface area contributed by atoms with E-state index in [0.29, 0.717) is 32.5 Å². The van der Waals surface area contributed by atoms with Gasteiger partial charge in [-0.05, 0) is 119 Å². The summed E-state index contributed by atoms with van der Waals surface area (Å²) in [6, 6.07) is 23.2. The Kier molecular flexibility index (Phi) is 4.88. The smallest absolute Gasteiger partial charge is 0.0645 e. The second kappa shape index (κ2) is 14.0. The van der Waals surface area contributed by atoms with Gasteiger partial charge in [-0.2, -0.15) is 0 Å². The molecule has 0 aliphatic rings. The predicted molar refractivity (Wildman–Crippen MR) is 235 cm³/mol. The van der Waals surface area contributed by atoms with Crippen molar-refractivity contribution in [3.8, 4) is 44.5 Å². The third-order valence-corrected chi connectivity index (χ3v) is 9.55. The topological polar surface area (TPSA) is 3.24 Å². The zero-order valence-electron chi connectivity index (χ0n) is 46.0. The van der Waals surface area contributed by atoms with E-state index >= 15 is 0 Å². The molecule has 55 heavy (non-hydrogen) atoms. The quantitative estimate of drug-likeness (QED) is 0.148. The lowest BCUT2D eigenvalue weighted by Crippen LogP contribution is -2.09. The van der Waals surface area contributed by atoms with E-state index in [1.807, 2.05) is 97.1 Å². The highest BCUT2D eigenvalue weighted by atomic mass is 15.1. The molecule has 0 heterocycles. The maximum absolute atomic E-state index is 9.77. The van der Waals surface area contributed by atoms with Crippen LogP contribution in [0.15, 0.2) is 224 Å². The molecular formula is C54H37N. The molecule has 0 atom stereocenters. The second-order valence-electron chi connectivity index (χ2n) is 12.8. The number of rotatable bonds is 7. The standard InChI is InChI=1S/C54H37N/c1-3-11-38(12-4-1)39-21-29-47(30-22-39)55(48-31-23-40(24-32-48)45-28-35-51-46(37-45)20-19-42-15-7-9-17-50(42)51)49-33-25-44(26-34-49)54-52-18-10-8-16-43(52)27-36-53(54)41-13-5-2-6-14-41/h1-37H/i1D,3D,4D,11D,12D,21D,22D,23D,24D,25D,26D,29D,30D,31D,32D,33D,34D. The largest absolute Gasteiger partial charge is 0.311 e. The van der Waals surface area contributed by atoms with Crippen LogP contribution in [-0.4, -0.2) is 0 Å². The number of anilines is 3. The Morgan fingerprint density at radius 1 is 0.309 bits per heavy atom. The first kappa shape index (κ1) is 19.2. The zero-order chi connectivity index (χ0) is 51.3. The van der Waals surface area contributed by atoms with Gasteiger partial charge in [-0.15, -0.1) is 0 Å². The fourth-order valence-corrected chi connectivity index (χ4v) is 6.93. The van der Waals surface area contributed by atoms with Crippen LogP contribution in [0.5, 0.6) is 0 Å². The van der Waals surface area contributed by atoms with Crippen LogP contribution < -0.4 is 4.90 Å². The Morgan fingerprint density at radius 2 is 0.800 bits per heavy atom. The molecule has 0 radical (unpaired) electrons. The van der Waals surface area contributed by atoms with Crippen molar-refractivity contribution in [2.24, 2.45) is 0 Å². The first-order valence-corrected chi connectivity index (χ1v) is 17.5. The molecule has 1 nitrogen and oxygen atoms in total. The lowest BCUT2D eigenvalue weighted by Gasteiger charge is -2.26. The summed E-state index contributed by atoms with van der Waals surface area (Å²) >= 11 is 0. The summed E-state index contributed by atoms with van der Waals surface area (Å²) in [6.45, 7) is 0. The van der Waals surface area contributed by atoms with Crippen LogP contribution in [0.3, 0.4) is 0 Å².